The zero-order valence-corrected chi connectivity index (χ0v) is 11.7. The summed E-state index contributed by atoms with van der Waals surface area (Å²) in [5.41, 5.74) is -0.962. The van der Waals surface area contributed by atoms with Crippen LogP contribution in [0.2, 0.25) is 0 Å². The molecule has 1 aliphatic heterocycles. The molecule has 0 saturated carbocycles. The number of nitrogens with zero attached hydrogens (tertiary/aromatic N) is 1. The molecule has 1 N–H and O–H groups in total. The number of aliphatic carboxylic acids is 1. The Bertz CT molecular complexity index is 712. The summed E-state index contributed by atoms with van der Waals surface area (Å²) >= 11 is 0. The van der Waals surface area contributed by atoms with Gasteiger partial charge in [-0.2, -0.15) is 0 Å². The van der Waals surface area contributed by atoms with Gasteiger partial charge in [-0.15, -0.1) is 0 Å². The molecule has 114 valence electrons. The summed E-state index contributed by atoms with van der Waals surface area (Å²) in [5, 5.41) is 8.90. The third-order valence-electron chi connectivity index (χ3n) is 3.83. The highest BCUT2D eigenvalue weighted by molar-refractivity contribution is 5.99. The fraction of sp³-hybridized carbons (Fsp3) is 0.250. The van der Waals surface area contributed by atoms with Gasteiger partial charge in [0.2, 0.25) is 5.67 Å². The number of carbonyl (C=O) groups excluding carboxylic acids is 1. The molecule has 3 rings (SSSR count). The highest BCUT2D eigenvalue weighted by atomic mass is 19.1. The van der Waals surface area contributed by atoms with E-state index in [0.29, 0.717) is 5.56 Å². The van der Waals surface area contributed by atoms with Gasteiger partial charge in [0.05, 0.1) is 12.8 Å². The van der Waals surface area contributed by atoms with Crippen LogP contribution in [0.1, 0.15) is 17.0 Å². The third-order valence-corrected chi connectivity index (χ3v) is 3.83. The largest absolute Gasteiger partial charge is 0.479 e. The Morgan fingerprint density at radius 1 is 1.23 bits per heavy atom. The van der Waals surface area contributed by atoms with E-state index in [9.17, 15) is 14.0 Å². The fourth-order valence-corrected chi connectivity index (χ4v) is 2.58. The van der Waals surface area contributed by atoms with Crippen LogP contribution in [0.4, 0.5) is 4.39 Å². The number of furan rings is 1. The molecule has 1 aliphatic rings. The molecule has 2 heterocycles. The molecule has 1 atom stereocenters. The number of rotatable bonds is 3. The van der Waals surface area contributed by atoms with Gasteiger partial charge in [0.1, 0.15) is 0 Å². The van der Waals surface area contributed by atoms with E-state index >= 15 is 0 Å². The fourth-order valence-electron chi connectivity index (χ4n) is 2.58. The molecule has 1 saturated heterocycles. The first-order valence-corrected chi connectivity index (χ1v) is 6.86. The summed E-state index contributed by atoms with van der Waals surface area (Å²) in [6, 6.07) is 10.9. The highest BCUT2D eigenvalue weighted by Crippen LogP contribution is 2.30. The number of alkyl halides is 1. The Labute approximate surface area is 126 Å². The molecular formula is C16H14FNO4. The number of hydrogen-bond acceptors (Lipinski definition) is 3. The van der Waals surface area contributed by atoms with Gasteiger partial charge in [-0.25, -0.2) is 9.18 Å². The van der Waals surface area contributed by atoms with E-state index < -0.39 is 24.1 Å². The van der Waals surface area contributed by atoms with Gasteiger partial charge in [0.25, 0.3) is 5.91 Å². The lowest BCUT2D eigenvalue weighted by atomic mass is 10.1. The molecule has 0 radical (unpaired) electrons. The van der Waals surface area contributed by atoms with Crippen LogP contribution in [0.5, 0.6) is 0 Å². The van der Waals surface area contributed by atoms with Crippen molar-refractivity contribution < 1.29 is 23.5 Å². The van der Waals surface area contributed by atoms with Gasteiger partial charge in [0.15, 0.2) is 5.76 Å². The Kier molecular flexibility index (Phi) is 3.44. The van der Waals surface area contributed by atoms with Crippen molar-refractivity contribution >= 4 is 11.9 Å². The molecule has 1 aromatic carbocycles. The van der Waals surface area contributed by atoms with Crippen LogP contribution < -0.4 is 0 Å². The molecule has 0 aliphatic carbocycles. The van der Waals surface area contributed by atoms with Crippen LogP contribution in [0.3, 0.4) is 0 Å². The van der Waals surface area contributed by atoms with Gasteiger partial charge in [-0.05, 0) is 11.6 Å². The lowest BCUT2D eigenvalue weighted by Gasteiger charge is -2.17. The predicted molar refractivity (Wildman–Crippen MR) is 76.1 cm³/mol. The number of carbonyl (C=O) groups is 2. The number of carboxylic acids is 1. The quantitative estimate of drug-likeness (QED) is 0.946. The average molecular weight is 303 g/mol. The van der Waals surface area contributed by atoms with E-state index in [1.807, 2.05) is 30.3 Å². The molecule has 1 fully saturated rings. The van der Waals surface area contributed by atoms with Crippen LogP contribution in [0, 0.1) is 0 Å². The summed E-state index contributed by atoms with van der Waals surface area (Å²) in [6.45, 7) is -0.410. The number of halogens is 1. The maximum Gasteiger partial charge on any atom is 0.343 e. The van der Waals surface area contributed by atoms with E-state index in [1.165, 1.54) is 11.2 Å². The number of benzene rings is 1. The second-order valence-corrected chi connectivity index (χ2v) is 5.28. The Hall–Kier alpha value is -2.63. The van der Waals surface area contributed by atoms with Crippen LogP contribution in [-0.2, 0) is 4.79 Å². The minimum Gasteiger partial charge on any atom is -0.479 e. The number of amides is 1. The zero-order chi connectivity index (χ0) is 15.7. The topological polar surface area (TPSA) is 70.8 Å². The Morgan fingerprint density at radius 2 is 1.95 bits per heavy atom. The molecule has 2 aromatic rings. The molecule has 1 unspecified atom stereocenters. The van der Waals surface area contributed by atoms with Crippen LogP contribution in [0.15, 0.2) is 47.1 Å². The predicted octanol–water partition coefficient (Wildman–Crippen LogP) is 2.59. The molecular weight excluding hydrogens is 289 g/mol. The maximum atomic E-state index is 14.1. The normalized spacial score (nSPS) is 21.0. The van der Waals surface area contributed by atoms with Crippen molar-refractivity contribution in [2.75, 3.05) is 13.1 Å². The van der Waals surface area contributed by atoms with Gasteiger partial charge >= 0.3 is 5.97 Å². The van der Waals surface area contributed by atoms with E-state index in [-0.39, 0.29) is 18.7 Å². The first kappa shape index (κ1) is 14.3. The second-order valence-electron chi connectivity index (χ2n) is 5.28. The highest BCUT2D eigenvalue weighted by Gasteiger charge is 2.47. The van der Waals surface area contributed by atoms with Crippen molar-refractivity contribution in [1.82, 2.24) is 4.90 Å². The van der Waals surface area contributed by atoms with Crippen LogP contribution in [0.25, 0.3) is 11.1 Å². The average Bonchev–Trinajstić information content (AvgIpc) is 3.15. The van der Waals surface area contributed by atoms with Crippen molar-refractivity contribution in [2.24, 2.45) is 0 Å². The van der Waals surface area contributed by atoms with Crippen molar-refractivity contribution in [3.05, 3.63) is 48.4 Å². The molecule has 5 nitrogen and oxygen atoms in total. The summed E-state index contributed by atoms with van der Waals surface area (Å²) in [4.78, 5) is 24.6. The van der Waals surface area contributed by atoms with Gasteiger partial charge in [-0.3, -0.25) is 4.79 Å². The zero-order valence-electron chi connectivity index (χ0n) is 11.7. The standard InChI is InChI=1S/C16H14FNO4/c17-16(15(20)21)7-8-18(10-16)14(19)13-12(6-9-22-13)11-4-2-1-3-5-11/h1-6,9H,7-8,10H2,(H,20,21). The first-order chi connectivity index (χ1) is 10.5. The van der Waals surface area contributed by atoms with Crippen LogP contribution in [-0.4, -0.2) is 40.6 Å². The summed E-state index contributed by atoms with van der Waals surface area (Å²) in [5.74, 6) is -1.93. The van der Waals surface area contributed by atoms with Crippen molar-refractivity contribution in [2.45, 2.75) is 12.1 Å². The van der Waals surface area contributed by atoms with E-state index in [1.54, 1.807) is 6.07 Å². The lowest BCUT2D eigenvalue weighted by Crippen LogP contribution is -2.38. The minimum absolute atomic E-state index is 0.0521. The number of likely N-dealkylation sites (tertiary alicyclic amines) is 1. The number of carboxylic acid groups (broad SMARTS) is 1. The molecule has 0 spiro atoms. The molecule has 6 heteroatoms. The summed E-state index contributed by atoms with van der Waals surface area (Å²) in [7, 11) is 0. The van der Waals surface area contributed by atoms with E-state index in [0.717, 1.165) is 5.56 Å². The number of hydrogen-bond donors (Lipinski definition) is 1. The summed E-state index contributed by atoms with van der Waals surface area (Å²) < 4.78 is 19.3. The smallest absolute Gasteiger partial charge is 0.343 e. The molecule has 1 amide bonds. The van der Waals surface area contributed by atoms with Crippen LogP contribution >= 0.6 is 0 Å². The minimum atomic E-state index is -2.38. The van der Waals surface area contributed by atoms with Crippen molar-refractivity contribution in [3.8, 4) is 11.1 Å². The van der Waals surface area contributed by atoms with Crippen molar-refractivity contribution in [3.63, 3.8) is 0 Å². The monoisotopic (exact) mass is 303 g/mol. The Balaban J connectivity index is 1.86. The second kappa shape index (κ2) is 5.29. The van der Waals surface area contributed by atoms with Gasteiger partial charge < -0.3 is 14.4 Å². The van der Waals surface area contributed by atoms with Crippen molar-refractivity contribution in [1.29, 1.82) is 0 Å². The molecule has 0 bridgehead atoms. The third kappa shape index (κ3) is 2.36. The van der Waals surface area contributed by atoms with E-state index in [2.05, 4.69) is 0 Å². The summed E-state index contributed by atoms with van der Waals surface area (Å²) in [6.07, 6.45) is 1.18. The van der Waals surface area contributed by atoms with E-state index in [4.69, 9.17) is 9.52 Å². The SMILES string of the molecule is O=C(c1occc1-c1ccccc1)N1CCC(F)(C(=O)O)C1. The molecule has 1 aromatic heterocycles. The van der Waals surface area contributed by atoms with Gasteiger partial charge in [0, 0.05) is 18.5 Å². The molecule has 22 heavy (non-hydrogen) atoms. The van der Waals surface area contributed by atoms with Gasteiger partial charge in [-0.1, -0.05) is 30.3 Å². The lowest BCUT2D eigenvalue weighted by molar-refractivity contribution is -0.149. The Morgan fingerprint density at radius 3 is 2.59 bits per heavy atom. The first-order valence-electron chi connectivity index (χ1n) is 6.86. The maximum absolute atomic E-state index is 14.1.